The predicted molar refractivity (Wildman–Crippen MR) is 72.1 cm³/mol. The Bertz CT molecular complexity index is 513. The third-order valence-corrected chi connectivity index (χ3v) is 3.08. The summed E-state index contributed by atoms with van der Waals surface area (Å²) in [5.41, 5.74) is 0.893. The Kier molecular flexibility index (Phi) is 4.49. The molecule has 1 heterocycles. The van der Waals surface area contributed by atoms with Crippen LogP contribution < -0.4 is 0 Å². The normalized spacial score (nSPS) is 12.6. The molecule has 2 rings (SSSR count). The van der Waals surface area contributed by atoms with Gasteiger partial charge in [0, 0.05) is 10.0 Å². The summed E-state index contributed by atoms with van der Waals surface area (Å²) in [6.07, 6.45) is 1.68. The van der Waals surface area contributed by atoms with Crippen molar-refractivity contribution in [2.75, 3.05) is 0 Å². The van der Waals surface area contributed by atoms with Crippen LogP contribution in [0.3, 0.4) is 0 Å². The first-order valence-electron chi connectivity index (χ1n) is 5.95. The number of aliphatic hydroxyl groups excluding tert-OH is 1. The standard InChI is InChI=1S/C13H15BrN2O2/c1-2-4-11(17)8-12-15-13(16-18-12)9-5-3-6-10(14)7-9/h3,5-7,11,17H,2,4,8H2,1H3. The second-order valence-electron chi connectivity index (χ2n) is 4.17. The zero-order valence-electron chi connectivity index (χ0n) is 10.1. The molecule has 1 aromatic carbocycles. The van der Waals surface area contributed by atoms with Crippen LogP contribution in [0.25, 0.3) is 11.4 Å². The van der Waals surface area contributed by atoms with Crippen LogP contribution in [0.5, 0.6) is 0 Å². The lowest BCUT2D eigenvalue weighted by Crippen LogP contribution is -2.09. The first-order chi connectivity index (χ1) is 8.69. The number of rotatable bonds is 5. The molecular formula is C13H15BrN2O2. The fraction of sp³-hybridized carbons (Fsp3) is 0.385. The van der Waals surface area contributed by atoms with Gasteiger partial charge in [0.05, 0.1) is 12.5 Å². The van der Waals surface area contributed by atoms with E-state index in [0.717, 1.165) is 22.9 Å². The Morgan fingerprint density at radius 3 is 3.00 bits per heavy atom. The molecule has 0 bridgehead atoms. The van der Waals surface area contributed by atoms with Crippen molar-refractivity contribution in [3.63, 3.8) is 0 Å². The van der Waals surface area contributed by atoms with Crippen LogP contribution in [-0.2, 0) is 6.42 Å². The highest BCUT2D eigenvalue weighted by Gasteiger charge is 2.12. The maximum absolute atomic E-state index is 9.69. The number of benzene rings is 1. The van der Waals surface area contributed by atoms with Crippen LogP contribution >= 0.6 is 15.9 Å². The Hall–Kier alpha value is -1.20. The molecule has 5 heteroatoms. The minimum atomic E-state index is -0.411. The maximum Gasteiger partial charge on any atom is 0.229 e. The van der Waals surface area contributed by atoms with Crippen molar-refractivity contribution < 1.29 is 9.63 Å². The number of aliphatic hydroxyl groups is 1. The van der Waals surface area contributed by atoms with Gasteiger partial charge in [-0.3, -0.25) is 0 Å². The van der Waals surface area contributed by atoms with Gasteiger partial charge in [-0.2, -0.15) is 4.98 Å². The molecule has 1 unspecified atom stereocenters. The summed E-state index contributed by atoms with van der Waals surface area (Å²) in [4.78, 5) is 4.29. The lowest BCUT2D eigenvalue weighted by Gasteiger charge is -2.03. The SMILES string of the molecule is CCCC(O)Cc1nc(-c2cccc(Br)c2)no1. The number of hydrogen-bond acceptors (Lipinski definition) is 4. The van der Waals surface area contributed by atoms with E-state index in [-0.39, 0.29) is 0 Å². The molecule has 1 aromatic heterocycles. The van der Waals surface area contributed by atoms with Crippen molar-refractivity contribution in [2.24, 2.45) is 0 Å². The summed E-state index contributed by atoms with van der Waals surface area (Å²) in [7, 11) is 0. The molecule has 1 N–H and O–H groups in total. The molecular weight excluding hydrogens is 296 g/mol. The Labute approximate surface area is 114 Å². The van der Waals surface area contributed by atoms with Crippen molar-refractivity contribution >= 4 is 15.9 Å². The van der Waals surface area contributed by atoms with E-state index < -0.39 is 6.10 Å². The van der Waals surface area contributed by atoms with Crippen molar-refractivity contribution in [1.29, 1.82) is 0 Å². The average molecular weight is 311 g/mol. The third-order valence-electron chi connectivity index (χ3n) is 2.58. The average Bonchev–Trinajstić information content (AvgIpc) is 2.78. The molecule has 2 aromatic rings. The highest BCUT2D eigenvalue weighted by Crippen LogP contribution is 2.20. The van der Waals surface area contributed by atoms with Crippen molar-refractivity contribution in [2.45, 2.75) is 32.3 Å². The van der Waals surface area contributed by atoms with Crippen LogP contribution in [0.4, 0.5) is 0 Å². The Morgan fingerprint density at radius 1 is 1.44 bits per heavy atom. The summed E-state index contributed by atoms with van der Waals surface area (Å²) in [6.45, 7) is 2.03. The zero-order valence-corrected chi connectivity index (χ0v) is 11.7. The van der Waals surface area contributed by atoms with Crippen LogP contribution in [0.2, 0.25) is 0 Å². The minimum Gasteiger partial charge on any atom is -0.393 e. The monoisotopic (exact) mass is 310 g/mol. The van der Waals surface area contributed by atoms with Gasteiger partial charge in [-0.05, 0) is 18.6 Å². The second-order valence-corrected chi connectivity index (χ2v) is 5.08. The number of hydrogen-bond donors (Lipinski definition) is 1. The van der Waals surface area contributed by atoms with Gasteiger partial charge in [-0.1, -0.05) is 46.6 Å². The molecule has 0 aliphatic rings. The molecule has 96 valence electrons. The largest absolute Gasteiger partial charge is 0.393 e. The number of halogens is 1. The van der Waals surface area contributed by atoms with Crippen LogP contribution in [0.1, 0.15) is 25.7 Å². The molecule has 0 radical (unpaired) electrons. The fourth-order valence-electron chi connectivity index (χ4n) is 1.72. The van der Waals surface area contributed by atoms with Crippen LogP contribution in [0, 0.1) is 0 Å². The van der Waals surface area contributed by atoms with Crippen molar-refractivity contribution in [3.8, 4) is 11.4 Å². The van der Waals surface area contributed by atoms with Gasteiger partial charge in [0.2, 0.25) is 11.7 Å². The van der Waals surface area contributed by atoms with Gasteiger partial charge >= 0.3 is 0 Å². The van der Waals surface area contributed by atoms with Crippen LogP contribution in [0.15, 0.2) is 33.3 Å². The molecule has 0 amide bonds. The molecule has 0 saturated carbocycles. The van der Waals surface area contributed by atoms with E-state index in [1.807, 2.05) is 31.2 Å². The summed E-state index contributed by atoms with van der Waals surface area (Å²) in [5.74, 6) is 1.03. The highest BCUT2D eigenvalue weighted by molar-refractivity contribution is 9.10. The highest BCUT2D eigenvalue weighted by atomic mass is 79.9. The topological polar surface area (TPSA) is 59.2 Å². The van der Waals surface area contributed by atoms with Gasteiger partial charge in [0.15, 0.2) is 0 Å². The van der Waals surface area contributed by atoms with Crippen LogP contribution in [-0.4, -0.2) is 21.4 Å². The van der Waals surface area contributed by atoms with Gasteiger partial charge in [0.1, 0.15) is 0 Å². The van der Waals surface area contributed by atoms with Gasteiger partial charge in [-0.15, -0.1) is 0 Å². The van der Waals surface area contributed by atoms with Gasteiger partial charge in [-0.25, -0.2) is 0 Å². The molecule has 18 heavy (non-hydrogen) atoms. The molecule has 1 atom stereocenters. The van der Waals surface area contributed by atoms with Gasteiger partial charge < -0.3 is 9.63 Å². The quantitative estimate of drug-likeness (QED) is 0.921. The van der Waals surface area contributed by atoms with Crippen molar-refractivity contribution in [3.05, 3.63) is 34.6 Å². The molecule has 0 aliphatic heterocycles. The second kappa shape index (κ2) is 6.11. The third kappa shape index (κ3) is 3.40. The summed E-state index contributed by atoms with van der Waals surface area (Å²) >= 11 is 3.40. The fourth-order valence-corrected chi connectivity index (χ4v) is 2.12. The molecule has 4 nitrogen and oxygen atoms in total. The smallest absolute Gasteiger partial charge is 0.229 e. The van der Waals surface area contributed by atoms with E-state index >= 15 is 0 Å². The predicted octanol–water partition coefficient (Wildman–Crippen LogP) is 3.20. The Balaban J connectivity index is 2.10. The van der Waals surface area contributed by atoms with Crippen molar-refractivity contribution in [1.82, 2.24) is 10.1 Å². The molecule has 0 saturated heterocycles. The van der Waals surface area contributed by atoms with Gasteiger partial charge in [0.25, 0.3) is 0 Å². The number of aromatic nitrogens is 2. The summed E-state index contributed by atoms with van der Waals surface area (Å²) < 4.78 is 6.11. The minimum absolute atomic E-state index is 0.411. The summed E-state index contributed by atoms with van der Waals surface area (Å²) in [6, 6.07) is 7.70. The Morgan fingerprint density at radius 2 is 2.28 bits per heavy atom. The molecule has 0 spiro atoms. The van der Waals surface area contributed by atoms with E-state index in [1.54, 1.807) is 0 Å². The molecule has 0 aliphatic carbocycles. The lowest BCUT2D eigenvalue weighted by molar-refractivity contribution is 0.152. The number of nitrogens with zero attached hydrogens (tertiary/aromatic N) is 2. The first kappa shape index (κ1) is 13.2. The zero-order chi connectivity index (χ0) is 13.0. The lowest BCUT2D eigenvalue weighted by atomic mass is 10.1. The maximum atomic E-state index is 9.69. The van der Waals surface area contributed by atoms with E-state index in [4.69, 9.17) is 4.52 Å². The molecule has 0 fully saturated rings. The first-order valence-corrected chi connectivity index (χ1v) is 6.75. The van der Waals surface area contributed by atoms with E-state index in [1.165, 1.54) is 0 Å². The van der Waals surface area contributed by atoms with E-state index in [2.05, 4.69) is 26.1 Å². The van der Waals surface area contributed by atoms with E-state index in [0.29, 0.717) is 18.1 Å². The van der Waals surface area contributed by atoms with E-state index in [9.17, 15) is 5.11 Å². The summed E-state index contributed by atoms with van der Waals surface area (Å²) in [5, 5.41) is 13.6.